The summed E-state index contributed by atoms with van der Waals surface area (Å²) >= 11 is 0. The first-order valence-electron chi connectivity index (χ1n) is 7.51. The van der Waals surface area contributed by atoms with Crippen molar-refractivity contribution in [1.82, 2.24) is 4.90 Å². The maximum atomic E-state index is 12.4. The third-order valence-electron chi connectivity index (χ3n) is 4.18. The molecule has 1 amide bonds. The number of nitrogens with zero attached hydrogens (tertiary/aromatic N) is 1. The molecule has 1 heterocycles. The second-order valence-corrected chi connectivity index (χ2v) is 6.05. The maximum Gasteiger partial charge on any atom is 0.303 e. The molecule has 1 aromatic carbocycles. The van der Waals surface area contributed by atoms with Gasteiger partial charge in [-0.15, -0.1) is 0 Å². The van der Waals surface area contributed by atoms with E-state index in [0.717, 1.165) is 36.1 Å². The lowest BCUT2D eigenvalue weighted by Crippen LogP contribution is -2.41. The van der Waals surface area contributed by atoms with E-state index >= 15 is 0 Å². The van der Waals surface area contributed by atoms with E-state index < -0.39 is 5.97 Å². The van der Waals surface area contributed by atoms with Crippen LogP contribution in [0, 0.1) is 19.8 Å². The van der Waals surface area contributed by atoms with Crippen LogP contribution in [-0.2, 0) is 16.0 Å². The van der Waals surface area contributed by atoms with Crippen molar-refractivity contribution in [3.63, 3.8) is 0 Å². The van der Waals surface area contributed by atoms with Gasteiger partial charge in [0, 0.05) is 19.5 Å². The van der Waals surface area contributed by atoms with Gasteiger partial charge in [0.05, 0.1) is 6.42 Å². The molecule has 0 aliphatic carbocycles. The predicted octanol–water partition coefficient (Wildman–Crippen LogP) is 2.56. The van der Waals surface area contributed by atoms with Crippen LogP contribution in [0.1, 0.15) is 36.0 Å². The second kappa shape index (κ2) is 6.74. The molecule has 1 saturated heterocycles. The fourth-order valence-corrected chi connectivity index (χ4v) is 2.97. The number of carbonyl (C=O) groups excluding carboxylic acids is 1. The lowest BCUT2D eigenvalue weighted by molar-refractivity contribution is -0.140. The summed E-state index contributed by atoms with van der Waals surface area (Å²) in [6.45, 7) is 5.37. The molecule has 1 aromatic rings. The molecule has 2 rings (SSSR count). The predicted molar refractivity (Wildman–Crippen MR) is 81.2 cm³/mol. The summed E-state index contributed by atoms with van der Waals surface area (Å²) in [5, 5.41) is 8.89. The zero-order valence-corrected chi connectivity index (χ0v) is 12.8. The largest absolute Gasteiger partial charge is 0.481 e. The lowest BCUT2D eigenvalue weighted by atomic mass is 9.94. The Labute approximate surface area is 125 Å². The van der Waals surface area contributed by atoms with Crippen molar-refractivity contribution in [1.29, 1.82) is 0 Å². The van der Waals surface area contributed by atoms with Gasteiger partial charge >= 0.3 is 5.97 Å². The van der Waals surface area contributed by atoms with Crippen molar-refractivity contribution < 1.29 is 14.7 Å². The lowest BCUT2D eigenvalue weighted by Gasteiger charge is -2.32. The number of piperidine rings is 1. The van der Waals surface area contributed by atoms with Crippen LogP contribution >= 0.6 is 0 Å². The first-order chi connectivity index (χ1) is 9.95. The number of hydrogen-bond acceptors (Lipinski definition) is 2. The van der Waals surface area contributed by atoms with E-state index in [4.69, 9.17) is 5.11 Å². The van der Waals surface area contributed by atoms with Crippen LogP contribution < -0.4 is 0 Å². The highest BCUT2D eigenvalue weighted by Gasteiger charge is 2.25. The Balaban J connectivity index is 1.99. The minimum atomic E-state index is -0.774. The maximum absolute atomic E-state index is 12.4. The molecule has 4 heteroatoms. The summed E-state index contributed by atoms with van der Waals surface area (Å²) in [5.74, 6) is -0.568. The molecule has 0 bridgehead atoms. The third kappa shape index (κ3) is 4.31. The third-order valence-corrected chi connectivity index (χ3v) is 4.18. The monoisotopic (exact) mass is 289 g/mol. The number of aryl methyl sites for hydroxylation is 2. The zero-order chi connectivity index (χ0) is 15.4. The Bertz CT molecular complexity index is 539. The van der Waals surface area contributed by atoms with Gasteiger partial charge in [0.2, 0.25) is 5.91 Å². The number of benzene rings is 1. The van der Waals surface area contributed by atoms with Gasteiger partial charge in [-0.3, -0.25) is 9.59 Å². The Morgan fingerprint density at radius 3 is 2.81 bits per heavy atom. The van der Waals surface area contributed by atoms with Gasteiger partial charge < -0.3 is 10.0 Å². The number of amides is 1. The normalized spacial score (nSPS) is 18.6. The van der Waals surface area contributed by atoms with E-state index in [9.17, 15) is 9.59 Å². The van der Waals surface area contributed by atoms with Gasteiger partial charge in [0.15, 0.2) is 0 Å². The molecular weight excluding hydrogens is 266 g/mol. The summed E-state index contributed by atoms with van der Waals surface area (Å²) in [6, 6.07) is 6.15. The average Bonchev–Trinajstić information content (AvgIpc) is 2.42. The number of hydrogen-bond donors (Lipinski definition) is 1. The number of likely N-dealkylation sites (tertiary alicyclic amines) is 1. The Kier molecular flexibility index (Phi) is 4.99. The van der Waals surface area contributed by atoms with Crippen LogP contribution in [0.5, 0.6) is 0 Å². The van der Waals surface area contributed by atoms with Crippen molar-refractivity contribution in [2.24, 2.45) is 5.92 Å². The number of carboxylic acids is 1. The zero-order valence-electron chi connectivity index (χ0n) is 12.8. The molecule has 1 unspecified atom stereocenters. The highest BCUT2D eigenvalue weighted by atomic mass is 16.4. The van der Waals surface area contributed by atoms with Gasteiger partial charge in [0.1, 0.15) is 0 Å². The first kappa shape index (κ1) is 15.5. The van der Waals surface area contributed by atoms with E-state index in [2.05, 4.69) is 6.07 Å². The standard InChI is InChI=1S/C17H23NO3/c1-12-5-6-13(2)15(8-12)10-16(19)18-7-3-4-14(11-18)9-17(20)21/h5-6,8,14H,3-4,7,9-11H2,1-2H3,(H,20,21). The van der Waals surface area contributed by atoms with Crippen molar-refractivity contribution in [2.45, 2.75) is 39.5 Å². The number of rotatable bonds is 4. The van der Waals surface area contributed by atoms with Crippen LogP contribution in [0.2, 0.25) is 0 Å². The second-order valence-electron chi connectivity index (χ2n) is 6.05. The highest BCUT2D eigenvalue weighted by Crippen LogP contribution is 2.21. The summed E-state index contributed by atoms with van der Waals surface area (Å²) in [6.07, 6.45) is 2.37. The molecule has 1 fully saturated rings. The summed E-state index contributed by atoms with van der Waals surface area (Å²) < 4.78 is 0. The Morgan fingerprint density at radius 2 is 2.10 bits per heavy atom. The van der Waals surface area contributed by atoms with Crippen LogP contribution in [0.25, 0.3) is 0 Å². The fourth-order valence-electron chi connectivity index (χ4n) is 2.97. The molecule has 0 aromatic heterocycles. The SMILES string of the molecule is Cc1ccc(C)c(CC(=O)N2CCCC(CC(=O)O)C2)c1. The smallest absolute Gasteiger partial charge is 0.303 e. The Hall–Kier alpha value is -1.84. The van der Waals surface area contributed by atoms with Crippen LogP contribution in [0.3, 0.4) is 0 Å². The quantitative estimate of drug-likeness (QED) is 0.926. The summed E-state index contributed by atoms with van der Waals surface area (Å²) in [7, 11) is 0. The molecular formula is C17H23NO3. The molecule has 114 valence electrons. The minimum Gasteiger partial charge on any atom is -0.481 e. The summed E-state index contributed by atoms with van der Waals surface area (Å²) in [5.41, 5.74) is 3.36. The molecule has 1 atom stereocenters. The molecule has 0 saturated carbocycles. The topological polar surface area (TPSA) is 57.6 Å². The number of carboxylic acid groups (broad SMARTS) is 1. The van der Waals surface area contributed by atoms with Crippen LogP contribution in [0.4, 0.5) is 0 Å². The van der Waals surface area contributed by atoms with Gasteiger partial charge in [-0.25, -0.2) is 0 Å². The molecule has 0 radical (unpaired) electrons. The van der Waals surface area contributed by atoms with E-state index in [0.29, 0.717) is 13.0 Å². The molecule has 21 heavy (non-hydrogen) atoms. The molecule has 1 N–H and O–H groups in total. The van der Waals surface area contributed by atoms with Gasteiger partial charge in [-0.2, -0.15) is 0 Å². The van der Waals surface area contributed by atoms with Crippen molar-refractivity contribution >= 4 is 11.9 Å². The summed E-state index contributed by atoms with van der Waals surface area (Å²) in [4.78, 5) is 25.1. The fraction of sp³-hybridized carbons (Fsp3) is 0.529. The van der Waals surface area contributed by atoms with E-state index in [1.807, 2.05) is 30.9 Å². The average molecular weight is 289 g/mol. The number of aliphatic carboxylic acids is 1. The number of carbonyl (C=O) groups is 2. The van der Waals surface area contributed by atoms with Crippen LogP contribution in [-0.4, -0.2) is 35.0 Å². The molecule has 1 aliphatic heterocycles. The van der Waals surface area contributed by atoms with Crippen molar-refractivity contribution in [3.8, 4) is 0 Å². The van der Waals surface area contributed by atoms with Crippen molar-refractivity contribution in [3.05, 3.63) is 34.9 Å². The van der Waals surface area contributed by atoms with E-state index in [1.54, 1.807) is 0 Å². The van der Waals surface area contributed by atoms with Gasteiger partial charge in [0.25, 0.3) is 0 Å². The van der Waals surface area contributed by atoms with Crippen LogP contribution in [0.15, 0.2) is 18.2 Å². The molecule has 1 aliphatic rings. The van der Waals surface area contributed by atoms with Crippen molar-refractivity contribution in [2.75, 3.05) is 13.1 Å². The minimum absolute atomic E-state index is 0.0961. The highest BCUT2D eigenvalue weighted by molar-refractivity contribution is 5.79. The Morgan fingerprint density at radius 1 is 1.33 bits per heavy atom. The molecule has 0 spiro atoms. The van der Waals surface area contributed by atoms with E-state index in [-0.39, 0.29) is 18.2 Å². The molecule has 4 nitrogen and oxygen atoms in total. The van der Waals surface area contributed by atoms with Gasteiger partial charge in [-0.05, 0) is 43.7 Å². The van der Waals surface area contributed by atoms with E-state index in [1.165, 1.54) is 0 Å². The van der Waals surface area contributed by atoms with Gasteiger partial charge in [-0.1, -0.05) is 23.8 Å². The first-order valence-corrected chi connectivity index (χ1v) is 7.51.